The first-order valence-electron chi connectivity index (χ1n) is 5.43. The van der Waals surface area contributed by atoms with Gasteiger partial charge in [-0.05, 0) is 13.0 Å². The maximum Gasteiger partial charge on any atom is 0.213 e. The predicted molar refractivity (Wildman–Crippen MR) is 66.9 cm³/mol. The fourth-order valence-electron chi connectivity index (χ4n) is 1.86. The molecule has 0 fully saturated rings. The average molecular weight is 244 g/mol. The molecular weight excluding hydrogens is 232 g/mol. The molecule has 0 bridgehead atoms. The van der Waals surface area contributed by atoms with E-state index in [0.29, 0.717) is 5.88 Å². The number of pyridine rings is 1. The van der Waals surface area contributed by atoms with Gasteiger partial charge in [0.05, 0.1) is 12.8 Å². The quantitative estimate of drug-likeness (QED) is 0.729. The van der Waals surface area contributed by atoms with Crippen molar-refractivity contribution in [2.75, 3.05) is 18.0 Å². The molecule has 0 amide bonds. The average Bonchev–Trinajstić information content (AvgIpc) is 2.87. The standard InChI is InChI=1S/C11H12N6O/c1-6-7(3-4-8(14-6)18-2)9-10-11(13-5-12-9)16-17-15-10/h3-5,15,17H,1-2H3,(H,12,13,16). The number of rotatable bonds is 2. The maximum atomic E-state index is 5.09. The van der Waals surface area contributed by atoms with Crippen molar-refractivity contribution in [3.05, 3.63) is 24.2 Å². The van der Waals surface area contributed by atoms with E-state index >= 15 is 0 Å². The van der Waals surface area contributed by atoms with E-state index in [2.05, 4.69) is 31.3 Å². The SMILES string of the molecule is COc1ccc(-c2ncnc3c2NNN3)c(C)n1. The van der Waals surface area contributed by atoms with Crippen LogP contribution in [-0.4, -0.2) is 22.1 Å². The smallest absolute Gasteiger partial charge is 0.213 e. The van der Waals surface area contributed by atoms with Gasteiger partial charge in [-0.15, -0.1) is 5.53 Å². The van der Waals surface area contributed by atoms with Gasteiger partial charge in [-0.3, -0.25) is 10.9 Å². The van der Waals surface area contributed by atoms with E-state index in [1.807, 2.05) is 19.1 Å². The van der Waals surface area contributed by atoms with E-state index in [0.717, 1.165) is 28.5 Å². The number of ether oxygens (including phenoxy) is 1. The molecule has 2 aromatic heterocycles. The summed E-state index contributed by atoms with van der Waals surface area (Å²) in [5.74, 6) is 1.31. The minimum Gasteiger partial charge on any atom is -0.481 e. The predicted octanol–water partition coefficient (Wildman–Crippen LogP) is 1.11. The third-order valence-corrected chi connectivity index (χ3v) is 2.74. The van der Waals surface area contributed by atoms with Crippen LogP contribution in [0.2, 0.25) is 0 Å². The molecule has 7 nitrogen and oxygen atoms in total. The summed E-state index contributed by atoms with van der Waals surface area (Å²) in [6.45, 7) is 1.92. The Morgan fingerprint density at radius 3 is 2.83 bits per heavy atom. The number of fused-ring (bicyclic) bond motifs is 1. The summed E-state index contributed by atoms with van der Waals surface area (Å²) in [4.78, 5) is 12.8. The third-order valence-electron chi connectivity index (χ3n) is 2.74. The van der Waals surface area contributed by atoms with Gasteiger partial charge in [0.25, 0.3) is 0 Å². The van der Waals surface area contributed by atoms with Gasteiger partial charge < -0.3 is 4.74 Å². The summed E-state index contributed by atoms with van der Waals surface area (Å²) in [6.07, 6.45) is 1.51. The lowest BCUT2D eigenvalue weighted by atomic mass is 10.1. The fraction of sp³-hybridized carbons (Fsp3) is 0.182. The van der Waals surface area contributed by atoms with Crippen molar-refractivity contribution in [2.45, 2.75) is 6.92 Å². The van der Waals surface area contributed by atoms with Crippen molar-refractivity contribution in [1.29, 1.82) is 0 Å². The number of anilines is 2. The molecule has 92 valence electrons. The zero-order valence-corrected chi connectivity index (χ0v) is 9.98. The number of hydrazine groups is 2. The number of aryl methyl sites for hydroxylation is 1. The Morgan fingerprint density at radius 1 is 1.17 bits per heavy atom. The summed E-state index contributed by atoms with van der Waals surface area (Å²) in [6, 6.07) is 3.75. The Bertz CT molecular complexity index is 600. The molecule has 1 aliphatic rings. The van der Waals surface area contributed by atoms with Crippen LogP contribution in [0, 0.1) is 6.92 Å². The molecule has 3 heterocycles. The number of hydrogen-bond donors (Lipinski definition) is 3. The first-order valence-corrected chi connectivity index (χ1v) is 5.43. The first kappa shape index (κ1) is 10.7. The van der Waals surface area contributed by atoms with Gasteiger partial charge in [0.2, 0.25) is 5.88 Å². The van der Waals surface area contributed by atoms with Crippen molar-refractivity contribution in [1.82, 2.24) is 20.5 Å². The molecule has 18 heavy (non-hydrogen) atoms. The van der Waals surface area contributed by atoms with Gasteiger partial charge in [-0.25, -0.2) is 15.0 Å². The molecule has 0 unspecified atom stereocenters. The first-order chi connectivity index (χ1) is 8.79. The molecule has 0 saturated heterocycles. The summed E-state index contributed by atoms with van der Waals surface area (Å²) in [5, 5.41) is 0. The van der Waals surface area contributed by atoms with Crippen LogP contribution in [-0.2, 0) is 0 Å². The van der Waals surface area contributed by atoms with E-state index in [-0.39, 0.29) is 0 Å². The molecule has 0 aliphatic carbocycles. The van der Waals surface area contributed by atoms with Crippen molar-refractivity contribution >= 4 is 11.5 Å². The Balaban J connectivity index is 2.13. The molecule has 0 radical (unpaired) electrons. The third kappa shape index (κ3) is 1.61. The highest BCUT2D eigenvalue weighted by Crippen LogP contribution is 2.33. The van der Waals surface area contributed by atoms with Crippen LogP contribution in [0.4, 0.5) is 11.5 Å². The van der Waals surface area contributed by atoms with Crippen LogP contribution in [0.1, 0.15) is 5.69 Å². The van der Waals surface area contributed by atoms with Gasteiger partial charge >= 0.3 is 0 Å². The summed E-state index contributed by atoms with van der Waals surface area (Å²) in [7, 11) is 1.60. The number of nitrogens with zero attached hydrogens (tertiary/aromatic N) is 3. The van der Waals surface area contributed by atoms with Crippen LogP contribution in [0.5, 0.6) is 5.88 Å². The summed E-state index contributed by atoms with van der Waals surface area (Å²) in [5.41, 5.74) is 12.1. The van der Waals surface area contributed by atoms with Crippen molar-refractivity contribution in [3.63, 3.8) is 0 Å². The van der Waals surface area contributed by atoms with Crippen molar-refractivity contribution in [3.8, 4) is 17.1 Å². The highest BCUT2D eigenvalue weighted by molar-refractivity contribution is 5.84. The number of hydrogen-bond acceptors (Lipinski definition) is 7. The molecule has 0 atom stereocenters. The highest BCUT2D eigenvalue weighted by Gasteiger charge is 2.18. The van der Waals surface area contributed by atoms with Gasteiger partial charge in [-0.2, -0.15) is 0 Å². The van der Waals surface area contributed by atoms with Crippen LogP contribution >= 0.6 is 0 Å². The van der Waals surface area contributed by atoms with E-state index in [1.165, 1.54) is 6.33 Å². The van der Waals surface area contributed by atoms with Gasteiger partial charge in [-0.1, -0.05) is 0 Å². The monoisotopic (exact) mass is 244 g/mol. The lowest BCUT2D eigenvalue weighted by Crippen LogP contribution is -2.19. The summed E-state index contributed by atoms with van der Waals surface area (Å²) < 4.78 is 5.09. The van der Waals surface area contributed by atoms with E-state index in [4.69, 9.17) is 4.74 Å². The minimum absolute atomic E-state index is 0.589. The number of methoxy groups -OCH3 is 1. The molecule has 7 heteroatoms. The second kappa shape index (κ2) is 4.11. The minimum atomic E-state index is 0.589. The lowest BCUT2D eigenvalue weighted by Gasteiger charge is -2.09. The van der Waals surface area contributed by atoms with Crippen LogP contribution in [0.15, 0.2) is 18.5 Å². The van der Waals surface area contributed by atoms with Gasteiger partial charge in [0.15, 0.2) is 5.82 Å². The number of nitrogens with one attached hydrogen (secondary N) is 3. The molecule has 0 aromatic carbocycles. The van der Waals surface area contributed by atoms with Crippen LogP contribution in [0.3, 0.4) is 0 Å². The number of aromatic nitrogens is 3. The molecular formula is C11H12N6O. The maximum absolute atomic E-state index is 5.09. The Hall–Kier alpha value is -2.41. The van der Waals surface area contributed by atoms with E-state index in [1.54, 1.807) is 7.11 Å². The Labute approximate surface area is 104 Å². The van der Waals surface area contributed by atoms with Crippen molar-refractivity contribution in [2.24, 2.45) is 0 Å². The topological polar surface area (TPSA) is 84.0 Å². The molecule has 0 saturated carbocycles. The Morgan fingerprint density at radius 2 is 2.06 bits per heavy atom. The largest absolute Gasteiger partial charge is 0.481 e. The van der Waals surface area contributed by atoms with E-state index < -0.39 is 0 Å². The summed E-state index contributed by atoms with van der Waals surface area (Å²) >= 11 is 0. The van der Waals surface area contributed by atoms with Gasteiger partial charge in [0, 0.05) is 11.6 Å². The second-order valence-corrected chi connectivity index (χ2v) is 3.81. The molecule has 2 aromatic rings. The Kier molecular flexibility index (Phi) is 2.45. The molecule has 3 rings (SSSR count). The molecule has 0 spiro atoms. The van der Waals surface area contributed by atoms with Crippen LogP contribution < -0.4 is 21.1 Å². The lowest BCUT2D eigenvalue weighted by molar-refractivity contribution is 0.397. The zero-order valence-electron chi connectivity index (χ0n) is 9.98. The van der Waals surface area contributed by atoms with Crippen molar-refractivity contribution < 1.29 is 4.74 Å². The molecule has 1 aliphatic heterocycles. The molecule has 3 N–H and O–H groups in total. The highest BCUT2D eigenvalue weighted by atomic mass is 16.5. The zero-order chi connectivity index (χ0) is 12.5. The van der Waals surface area contributed by atoms with Gasteiger partial charge in [0.1, 0.15) is 17.7 Å². The fourth-order valence-corrected chi connectivity index (χ4v) is 1.86. The second-order valence-electron chi connectivity index (χ2n) is 3.81. The van der Waals surface area contributed by atoms with Crippen LogP contribution in [0.25, 0.3) is 11.3 Å². The van der Waals surface area contributed by atoms with E-state index in [9.17, 15) is 0 Å². The normalized spacial score (nSPS) is 12.6.